The number of hydrogen-bond donors (Lipinski definition) is 2. The molecule has 0 spiro atoms. The zero-order valence-electron chi connectivity index (χ0n) is 14.6. The Hall–Kier alpha value is -3.21. The lowest BCUT2D eigenvalue weighted by molar-refractivity contribution is 0.100. The van der Waals surface area contributed by atoms with Crippen LogP contribution in [-0.4, -0.2) is 25.9 Å². The summed E-state index contributed by atoms with van der Waals surface area (Å²) in [4.78, 5) is 15.5. The molecule has 1 heterocycles. The number of carbonyl (C=O) groups is 1. The van der Waals surface area contributed by atoms with Crippen LogP contribution in [0.3, 0.4) is 0 Å². The van der Waals surface area contributed by atoms with Crippen LogP contribution in [0.25, 0.3) is 10.9 Å². The summed E-state index contributed by atoms with van der Waals surface area (Å²) in [5.74, 6) is 5.08. The summed E-state index contributed by atoms with van der Waals surface area (Å²) >= 11 is 0. The number of pyridine rings is 1. The fourth-order valence-electron chi connectivity index (χ4n) is 2.51. The number of aryl methyl sites for hydroxylation is 1. The van der Waals surface area contributed by atoms with E-state index in [0.29, 0.717) is 16.6 Å². The maximum absolute atomic E-state index is 12.6. The topological polar surface area (TPSA) is 102 Å². The zero-order chi connectivity index (χ0) is 19.4. The van der Waals surface area contributed by atoms with E-state index in [-0.39, 0.29) is 11.4 Å². The number of nitrogens with one attached hydrogen (secondary N) is 1. The van der Waals surface area contributed by atoms with Gasteiger partial charge in [0.1, 0.15) is 4.90 Å². The molecule has 7 heteroatoms. The average Bonchev–Trinajstić information content (AvgIpc) is 2.65. The molecule has 2 aromatic carbocycles. The lowest BCUT2D eigenvalue weighted by atomic mass is 10.1. The van der Waals surface area contributed by atoms with Gasteiger partial charge in [0, 0.05) is 22.2 Å². The van der Waals surface area contributed by atoms with Gasteiger partial charge in [-0.1, -0.05) is 30.0 Å². The molecule has 0 saturated carbocycles. The van der Waals surface area contributed by atoms with Gasteiger partial charge >= 0.3 is 0 Å². The quantitative estimate of drug-likeness (QED) is 0.677. The Bertz CT molecular complexity index is 1170. The number of fused-ring (bicyclic) bond motifs is 1. The van der Waals surface area contributed by atoms with Gasteiger partial charge in [0.05, 0.1) is 12.1 Å². The number of rotatable bonds is 4. The Morgan fingerprint density at radius 3 is 2.56 bits per heavy atom. The second kappa shape index (κ2) is 7.58. The van der Waals surface area contributed by atoms with E-state index in [1.54, 1.807) is 30.3 Å². The van der Waals surface area contributed by atoms with E-state index in [4.69, 9.17) is 5.73 Å². The van der Waals surface area contributed by atoms with Crippen molar-refractivity contribution in [3.63, 3.8) is 0 Å². The highest BCUT2D eigenvalue weighted by Crippen LogP contribution is 2.21. The molecule has 0 saturated heterocycles. The van der Waals surface area contributed by atoms with Crippen molar-refractivity contribution in [3.05, 3.63) is 71.4 Å². The van der Waals surface area contributed by atoms with Gasteiger partial charge in [0.15, 0.2) is 0 Å². The molecule has 27 heavy (non-hydrogen) atoms. The summed E-state index contributed by atoms with van der Waals surface area (Å²) in [6.45, 7) is 1.76. The van der Waals surface area contributed by atoms with Gasteiger partial charge < -0.3 is 5.73 Å². The van der Waals surface area contributed by atoms with Crippen molar-refractivity contribution < 1.29 is 13.2 Å². The summed E-state index contributed by atoms with van der Waals surface area (Å²) in [7, 11) is -3.75. The van der Waals surface area contributed by atoms with Crippen molar-refractivity contribution in [3.8, 4) is 11.8 Å². The van der Waals surface area contributed by atoms with Gasteiger partial charge in [0.25, 0.3) is 0 Å². The Kier molecular flexibility index (Phi) is 5.21. The fourth-order valence-corrected chi connectivity index (χ4v) is 3.60. The van der Waals surface area contributed by atoms with Crippen LogP contribution >= 0.6 is 0 Å². The van der Waals surface area contributed by atoms with Gasteiger partial charge in [-0.3, -0.25) is 9.78 Å². The van der Waals surface area contributed by atoms with Crippen molar-refractivity contribution in [2.24, 2.45) is 5.73 Å². The van der Waals surface area contributed by atoms with Crippen LogP contribution in [-0.2, 0) is 10.0 Å². The molecule has 0 unspecified atom stereocenters. The number of aromatic nitrogens is 1. The molecule has 136 valence electrons. The molecular formula is C20H17N3O3S. The third kappa shape index (κ3) is 4.31. The molecule has 0 atom stereocenters. The van der Waals surface area contributed by atoms with E-state index in [1.165, 1.54) is 6.07 Å². The van der Waals surface area contributed by atoms with Gasteiger partial charge in [-0.05, 0) is 43.3 Å². The van der Waals surface area contributed by atoms with Crippen LogP contribution in [0.2, 0.25) is 0 Å². The lowest BCUT2D eigenvalue weighted by Crippen LogP contribution is -2.24. The number of primary amides is 1. The third-order valence-electron chi connectivity index (χ3n) is 3.86. The number of amides is 1. The fraction of sp³-hybridized carbons (Fsp3) is 0.100. The van der Waals surface area contributed by atoms with Gasteiger partial charge in [-0.15, -0.1) is 0 Å². The average molecular weight is 379 g/mol. The van der Waals surface area contributed by atoms with E-state index in [1.807, 2.05) is 25.1 Å². The molecule has 0 fully saturated rings. The highest BCUT2D eigenvalue weighted by atomic mass is 32.2. The van der Waals surface area contributed by atoms with E-state index in [0.717, 1.165) is 11.1 Å². The summed E-state index contributed by atoms with van der Waals surface area (Å²) in [5.41, 5.74) is 7.39. The maximum atomic E-state index is 12.6. The Morgan fingerprint density at radius 1 is 1.11 bits per heavy atom. The summed E-state index contributed by atoms with van der Waals surface area (Å²) < 4.78 is 27.7. The monoisotopic (exact) mass is 379 g/mol. The minimum absolute atomic E-state index is 0.0535. The van der Waals surface area contributed by atoms with Crippen molar-refractivity contribution in [1.29, 1.82) is 0 Å². The largest absolute Gasteiger partial charge is 0.366 e. The lowest BCUT2D eigenvalue weighted by Gasteiger charge is -2.07. The van der Waals surface area contributed by atoms with Crippen LogP contribution in [0.4, 0.5) is 0 Å². The first-order valence-corrected chi connectivity index (χ1v) is 9.60. The van der Waals surface area contributed by atoms with E-state index in [9.17, 15) is 13.2 Å². The number of hydrogen-bond acceptors (Lipinski definition) is 4. The molecule has 6 nitrogen and oxygen atoms in total. The molecule has 0 radical (unpaired) electrons. The Morgan fingerprint density at radius 2 is 1.85 bits per heavy atom. The molecule has 3 aromatic rings. The van der Waals surface area contributed by atoms with Gasteiger partial charge in [0.2, 0.25) is 15.9 Å². The van der Waals surface area contributed by atoms with Crippen molar-refractivity contribution >= 4 is 26.8 Å². The maximum Gasteiger partial charge on any atom is 0.248 e. The van der Waals surface area contributed by atoms with Gasteiger partial charge in [-0.2, -0.15) is 4.72 Å². The smallest absolute Gasteiger partial charge is 0.248 e. The third-order valence-corrected chi connectivity index (χ3v) is 5.30. The predicted molar refractivity (Wildman–Crippen MR) is 104 cm³/mol. The first kappa shape index (κ1) is 18.6. The van der Waals surface area contributed by atoms with Crippen molar-refractivity contribution in [2.75, 3.05) is 6.54 Å². The number of benzene rings is 2. The zero-order valence-corrected chi connectivity index (χ0v) is 15.4. The van der Waals surface area contributed by atoms with Crippen LogP contribution < -0.4 is 10.5 Å². The van der Waals surface area contributed by atoms with Crippen LogP contribution in [0.5, 0.6) is 0 Å². The molecule has 0 bridgehead atoms. The Labute approximate surface area is 157 Å². The summed E-state index contributed by atoms with van der Waals surface area (Å²) in [6.07, 6.45) is 0. The van der Waals surface area contributed by atoms with Crippen molar-refractivity contribution in [2.45, 2.75) is 11.8 Å². The van der Waals surface area contributed by atoms with E-state index < -0.39 is 15.9 Å². The van der Waals surface area contributed by atoms with Crippen LogP contribution in [0.15, 0.2) is 59.5 Å². The van der Waals surface area contributed by atoms with Crippen LogP contribution in [0, 0.1) is 18.8 Å². The van der Waals surface area contributed by atoms with E-state index >= 15 is 0 Å². The van der Waals surface area contributed by atoms with E-state index in [2.05, 4.69) is 21.5 Å². The first-order valence-electron chi connectivity index (χ1n) is 8.11. The summed E-state index contributed by atoms with van der Waals surface area (Å²) in [5, 5.41) is 0.754. The molecule has 0 aliphatic carbocycles. The SMILES string of the molecule is Cc1ccc2cccc(S(=O)(=O)NCC#Cc3ccc(C(N)=O)cc3)c2n1. The highest BCUT2D eigenvalue weighted by molar-refractivity contribution is 7.89. The molecule has 1 amide bonds. The minimum atomic E-state index is -3.75. The number of nitrogens with zero attached hydrogens (tertiary/aromatic N) is 1. The summed E-state index contributed by atoms with van der Waals surface area (Å²) in [6, 6.07) is 15.1. The molecule has 1 aromatic heterocycles. The molecule has 3 N–H and O–H groups in total. The second-order valence-electron chi connectivity index (χ2n) is 5.85. The molecule has 3 rings (SSSR count). The molecule has 0 aliphatic rings. The highest BCUT2D eigenvalue weighted by Gasteiger charge is 2.17. The molecule has 0 aliphatic heterocycles. The second-order valence-corrected chi connectivity index (χ2v) is 7.58. The van der Waals surface area contributed by atoms with Crippen LogP contribution in [0.1, 0.15) is 21.6 Å². The number of sulfonamides is 1. The minimum Gasteiger partial charge on any atom is -0.366 e. The normalized spacial score (nSPS) is 11.0. The number of nitrogens with two attached hydrogens (primary N) is 1. The van der Waals surface area contributed by atoms with Gasteiger partial charge in [-0.25, -0.2) is 8.42 Å². The first-order chi connectivity index (χ1) is 12.9. The number of para-hydroxylation sites is 1. The standard InChI is InChI=1S/C20H17N3O3S/c1-14-7-10-16-5-2-6-18(19(16)23-14)27(25,26)22-13-3-4-15-8-11-17(12-9-15)20(21)24/h2,5-12,22H,13H2,1H3,(H2,21,24). The number of carbonyl (C=O) groups excluding carboxylic acids is 1. The predicted octanol–water partition coefficient (Wildman–Crippen LogP) is 1.97. The molecular weight excluding hydrogens is 362 g/mol. The Balaban J connectivity index is 1.77. The van der Waals surface area contributed by atoms with Crippen molar-refractivity contribution in [1.82, 2.24) is 9.71 Å².